The Bertz CT molecular complexity index is 856. The first-order valence-corrected chi connectivity index (χ1v) is 13.7. The molecule has 2 atom stereocenters. The zero-order valence-electron chi connectivity index (χ0n) is 19.5. The molecule has 0 N–H and O–H groups in total. The molecule has 1 aromatic heterocycles. The molecule has 0 fully saturated rings. The van der Waals surface area contributed by atoms with Gasteiger partial charge in [-0.05, 0) is 41.7 Å². The van der Waals surface area contributed by atoms with Crippen LogP contribution in [0.3, 0.4) is 0 Å². The molecule has 7 heteroatoms. The van der Waals surface area contributed by atoms with Crippen LogP contribution in [0.1, 0.15) is 68.7 Å². The van der Waals surface area contributed by atoms with Crippen molar-refractivity contribution in [2.24, 2.45) is 5.92 Å². The molecule has 30 heavy (non-hydrogen) atoms. The van der Waals surface area contributed by atoms with Crippen molar-refractivity contribution in [1.29, 1.82) is 0 Å². The third-order valence-electron chi connectivity index (χ3n) is 6.38. The molecule has 0 bridgehead atoms. The number of methoxy groups -OCH3 is 1. The van der Waals surface area contributed by atoms with E-state index >= 15 is 0 Å². The first kappa shape index (κ1) is 24.6. The van der Waals surface area contributed by atoms with Crippen LogP contribution in [0, 0.1) is 5.92 Å². The van der Waals surface area contributed by atoms with Crippen molar-refractivity contribution in [1.82, 2.24) is 9.55 Å². The van der Waals surface area contributed by atoms with Crippen LogP contribution in [0.5, 0.6) is 0 Å². The fraction of sp³-hybridized carbons (Fsp3) is 0.565. The van der Waals surface area contributed by atoms with Crippen LogP contribution in [0.4, 0.5) is 0 Å². The van der Waals surface area contributed by atoms with Crippen molar-refractivity contribution >= 4 is 25.9 Å². The summed E-state index contributed by atoms with van der Waals surface area (Å²) >= 11 is 6.50. The molecule has 0 saturated carbocycles. The minimum atomic E-state index is -1.93. The lowest BCUT2D eigenvalue weighted by molar-refractivity contribution is 0.0600. The van der Waals surface area contributed by atoms with Crippen LogP contribution in [-0.4, -0.2) is 30.9 Å². The Morgan fingerprint density at radius 1 is 1.23 bits per heavy atom. The number of carbonyl (C=O) groups excluding carboxylic acids is 1. The van der Waals surface area contributed by atoms with Crippen LogP contribution >= 0.6 is 11.6 Å². The number of rotatable bonds is 8. The van der Waals surface area contributed by atoms with Gasteiger partial charge in [-0.3, -0.25) is 0 Å². The number of aromatic nitrogens is 2. The number of hydrogen-bond acceptors (Lipinski definition) is 4. The molecule has 2 aromatic rings. The number of hydrogen-bond donors (Lipinski definition) is 0. The SMILES string of the molecule is CCC(C)C(c1ccc(C(=O)OC)cc1)n1cnc(Cl)c1CO[Si](C)(C)C(C)(C)C. The number of ether oxygens (including phenoxy) is 1. The summed E-state index contributed by atoms with van der Waals surface area (Å²) in [6.07, 6.45) is 2.79. The standard InChI is InChI=1S/C23H35ClN2O3Si/c1-9-16(2)20(17-10-12-18(13-11-17)22(27)28-6)26-15-25-21(24)19(26)14-29-30(7,8)23(3,4)5/h10-13,15-16,20H,9,14H2,1-8H3. The molecule has 0 spiro atoms. The summed E-state index contributed by atoms with van der Waals surface area (Å²) in [5.74, 6) is 0.00152. The lowest BCUT2D eigenvalue weighted by Gasteiger charge is -2.36. The molecule has 0 aliphatic rings. The second-order valence-electron chi connectivity index (χ2n) is 9.38. The number of imidazole rings is 1. The summed E-state index contributed by atoms with van der Waals surface area (Å²) < 4.78 is 13.4. The van der Waals surface area contributed by atoms with E-state index in [0.717, 1.165) is 17.7 Å². The molecule has 1 aromatic carbocycles. The Hall–Kier alpha value is -1.63. The normalized spacial score (nSPS) is 14.4. The molecule has 0 radical (unpaired) electrons. The summed E-state index contributed by atoms with van der Waals surface area (Å²) in [6, 6.07) is 7.62. The quantitative estimate of drug-likeness (QED) is 0.341. The van der Waals surface area contributed by atoms with Gasteiger partial charge in [0.1, 0.15) is 0 Å². The summed E-state index contributed by atoms with van der Waals surface area (Å²) in [5, 5.41) is 0.595. The van der Waals surface area contributed by atoms with E-state index in [2.05, 4.69) is 57.3 Å². The molecular formula is C23H35ClN2O3Si. The maximum atomic E-state index is 11.8. The lowest BCUT2D eigenvalue weighted by Crippen LogP contribution is -2.40. The topological polar surface area (TPSA) is 53.4 Å². The van der Waals surface area contributed by atoms with Crippen molar-refractivity contribution in [3.05, 3.63) is 52.6 Å². The maximum Gasteiger partial charge on any atom is 0.337 e. The van der Waals surface area contributed by atoms with Gasteiger partial charge in [-0.15, -0.1) is 0 Å². The molecule has 1 heterocycles. The molecule has 0 aliphatic carbocycles. The first-order chi connectivity index (χ1) is 13.9. The van der Waals surface area contributed by atoms with Crippen molar-refractivity contribution in [3.8, 4) is 0 Å². The first-order valence-electron chi connectivity index (χ1n) is 10.5. The minimum Gasteiger partial charge on any atom is -0.465 e. The van der Waals surface area contributed by atoms with E-state index in [9.17, 15) is 4.79 Å². The van der Waals surface area contributed by atoms with E-state index in [1.54, 1.807) is 18.5 Å². The molecule has 0 amide bonds. The van der Waals surface area contributed by atoms with Gasteiger partial charge in [0.15, 0.2) is 13.5 Å². The Labute approximate surface area is 186 Å². The monoisotopic (exact) mass is 450 g/mol. The summed E-state index contributed by atoms with van der Waals surface area (Å²) in [5.41, 5.74) is 2.53. The zero-order valence-corrected chi connectivity index (χ0v) is 21.2. The summed E-state index contributed by atoms with van der Waals surface area (Å²) in [7, 11) is -0.543. The summed E-state index contributed by atoms with van der Waals surface area (Å²) in [4.78, 5) is 16.2. The van der Waals surface area contributed by atoms with Gasteiger partial charge in [0.05, 0.1) is 37.3 Å². The van der Waals surface area contributed by atoms with Gasteiger partial charge in [0.25, 0.3) is 0 Å². The molecule has 5 nitrogen and oxygen atoms in total. The Morgan fingerprint density at radius 3 is 2.33 bits per heavy atom. The highest BCUT2D eigenvalue weighted by Crippen LogP contribution is 2.38. The predicted octanol–water partition coefficient (Wildman–Crippen LogP) is 6.48. The van der Waals surface area contributed by atoms with E-state index < -0.39 is 8.32 Å². The van der Waals surface area contributed by atoms with Crippen LogP contribution < -0.4 is 0 Å². The molecule has 0 aliphatic heterocycles. The van der Waals surface area contributed by atoms with Crippen LogP contribution in [0.15, 0.2) is 30.6 Å². The van der Waals surface area contributed by atoms with E-state index in [1.807, 2.05) is 12.1 Å². The predicted molar refractivity (Wildman–Crippen MR) is 125 cm³/mol. The fourth-order valence-electron chi connectivity index (χ4n) is 3.12. The smallest absolute Gasteiger partial charge is 0.337 e. The minimum absolute atomic E-state index is 0.0414. The summed E-state index contributed by atoms with van der Waals surface area (Å²) in [6.45, 7) is 16.0. The number of nitrogens with zero attached hydrogens (tertiary/aromatic N) is 2. The van der Waals surface area contributed by atoms with Gasteiger partial charge in [0.2, 0.25) is 0 Å². The number of benzene rings is 1. The Kier molecular flexibility index (Phi) is 7.94. The zero-order chi connectivity index (χ0) is 22.7. The molecule has 0 saturated heterocycles. The molecular weight excluding hydrogens is 416 g/mol. The third-order valence-corrected chi connectivity index (χ3v) is 11.2. The van der Waals surface area contributed by atoms with Gasteiger partial charge in [-0.1, -0.05) is 64.8 Å². The third kappa shape index (κ3) is 5.34. The Morgan fingerprint density at radius 2 is 1.83 bits per heavy atom. The highest BCUT2D eigenvalue weighted by atomic mass is 35.5. The molecule has 2 unspecified atom stereocenters. The lowest BCUT2D eigenvalue weighted by atomic mass is 9.91. The average Bonchev–Trinajstić information content (AvgIpc) is 3.05. The van der Waals surface area contributed by atoms with Gasteiger partial charge in [-0.2, -0.15) is 0 Å². The van der Waals surface area contributed by atoms with Crippen LogP contribution in [0.2, 0.25) is 23.3 Å². The van der Waals surface area contributed by atoms with Gasteiger partial charge < -0.3 is 13.7 Å². The Balaban J connectivity index is 2.41. The molecule has 2 rings (SSSR count). The molecule has 166 valence electrons. The largest absolute Gasteiger partial charge is 0.465 e. The number of halogens is 1. The number of carbonyl (C=O) groups is 1. The van der Waals surface area contributed by atoms with Crippen molar-refractivity contribution in [2.45, 2.75) is 71.8 Å². The second kappa shape index (κ2) is 9.67. The van der Waals surface area contributed by atoms with Gasteiger partial charge >= 0.3 is 5.97 Å². The highest BCUT2D eigenvalue weighted by Gasteiger charge is 2.37. The van der Waals surface area contributed by atoms with Crippen LogP contribution in [-0.2, 0) is 15.8 Å². The van der Waals surface area contributed by atoms with E-state index in [0.29, 0.717) is 23.2 Å². The van der Waals surface area contributed by atoms with E-state index in [4.69, 9.17) is 20.8 Å². The van der Waals surface area contributed by atoms with E-state index in [-0.39, 0.29) is 17.0 Å². The fourth-order valence-corrected chi connectivity index (χ4v) is 4.25. The van der Waals surface area contributed by atoms with Crippen molar-refractivity contribution in [2.75, 3.05) is 7.11 Å². The van der Waals surface area contributed by atoms with Gasteiger partial charge in [-0.25, -0.2) is 9.78 Å². The van der Waals surface area contributed by atoms with Crippen molar-refractivity contribution in [3.63, 3.8) is 0 Å². The maximum absolute atomic E-state index is 11.8. The van der Waals surface area contributed by atoms with Gasteiger partial charge in [0, 0.05) is 0 Å². The van der Waals surface area contributed by atoms with Crippen LogP contribution in [0.25, 0.3) is 0 Å². The second-order valence-corrected chi connectivity index (χ2v) is 14.5. The highest BCUT2D eigenvalue weighted by molar-refractivity contribution is 6.74. The average molecular weight is 451 g/mol. The van der Waals surface area contributed by atoms with Crippen molar-refractivity contribution < 1.29 is 14.0 Å². The van der Waals surface area contributed by atoms with E-state index in [1.165, 1.54) is 7.11 Å². The number of esters is 1.